The van der Waals surface area contributed by atoms with Gasteiger partial charge in [0.1, 0.15) is 5.58 Å². The molecule has 98 valence electrons. The Kier molecular flexibility index (Phi) is 4.36. The van der Waals surface area contributed by atoms with Gasteiger partial charge in [-0.25, -0.2) is 0 Å². The number of hydrogen-bond acceptors (Lipinski definition) is 4. The molecule has 0 saturated heterocycles. The van der Waals surface area contributed by atoms with Crippen molar-refractivity contribution in [2.24, 2.45) is 5.73 Å². The van der Waals surface area contributed by atoms with Crippen molar-refractivity contribution in [2.45, 2.75) is 6.04 Å². The SMILES string of the molecule is COCCN(C)C(CN)c1coc2ccccc12. The first-order valence-electron chi connectivity index (χ1n) is 6.13. The van der Waals surface area contributed by atoms with Crippen LogP contribution in [0.15, 0.2) is 34.9 Å². The molecule has 1 unspecified atom stereocenters. The number of benzene rings is 1. The van der Waals surface area contributed by atoms with Gasteiger partial charge in [0.25, 0.3) is 0 Å². The summed E-state index contributed by atoms with van der Waals surface area (Å²) in [6.07, 6.45) is 1.81. The minimum Gasteiger partial charge on any atom is -0.464 e. The van der Waals surface area contributed by atoms with Gasteiger partial charge in [-0.3, -0.25) is 4.90 Å². The molecular weight excluding hydrogens is 228 g/mol. The number of para-hydroxylation sites is 1. The van der Waals surface area contributed by atoms with Crippen molar-refractivity contribution < 1.29 is 9.15 Å². The van der Waals surface area contributed by atoms with Crippen LogP contribution in [0.5, 0.6) is 0 Å². The first-order chi connectivity index (χ1) is 8.77. The molecule has 1 heterocycles. The van der Waals surface area contributed by atoms with E-state index in [0.29, 0.717) is 13.2 Å². The molecule has 0 spiro atoms. The number of fused-ring (bicyclic) bond motifs is 1. The van der Waals surface area contributed by atoms with Crippen LogP contribution in [-0.2, 0) is 4.74 Å². The van der Waals surface area contributed by atoms with Crippen molar-refractivity contribution in [3.05, 3.63) is 36.1 Å². The van der Waals surface area contributed by atoms with Crippen molar-refractivity contribution in [2.75, 3.05) is 33.9 Å². The minimum atomic E-state index is 0.156. The Morgan fingerprint density at radius 1 is 1.39 bits per heavy atom. The molecule has 4 heteroatoms. The molecule has 0 aliphatic rings. The summed E-state index contributed by atoms with van der Waals surface area (Å²) in [7, 11) is 3.76. The maximum atomic E-state index is 5.90. The Hall–Kier alpha value is -1.36. The Balaban J connectivity index is 2.26. The number of nitrogens with two attached hydrogens (primary N) is 1. The molecule has 1 aromatic heterocycles. The monoisotopic (exact) mass is 248 g/mol. The number of methoxy groups -OCH3 is 1. The smallest absolute Gasteiger partial charge is 0.134 e. The van der Waals surface area contributed by atoms with Crippen LogP contribution in [0.1, 0.15) is 11.6 Å². The average molecular weight is 248 g/mol. The number of hydrogen-bond donors (Lipinski definition) is 1. The van der Waals surface area contributed by atoms with Crippen molar-refractivity contribution in [3.63, 3.8) is 0 Å². The molecule has 0 fully saturated rings. The summed E-state index contributed by atoms with van der Waals surface area (Å²) in [5, 5.41) is 1.14. The molecule has 2 aromatic rings. The first kappa shape index (κ1) is 13.1. The summed E-state index contributed by atoms with van der Waals surface area (Å²) in [4.78, 5) is 2.20. The fourth-order valence-corrected chi connectivity index (χ4v) is 2.19. The van der Waals surface area contributed by atoms with Gasteiger partial charge in [-0.15, -0.1) is 0 Å². The third-order valence-electron chi connectivity index (χ3n) is 3.27. The van der Waals surface area contributed by atoms with Crippen LogP contribution in [0.4, 0.5) is 0 Å². The maximum Gasteiger partial charge on any atom is 0.134 e. The van der Waals surface area contributed by atoms with Gasteiger partial charge >= 0.3 is 0 Å². The van der Waals surface area contributed by atoms with E-state index in [1.165, 1.54) is 0 Å². The second-order valence-corrected chi connectivity index (χ2v) is 4.41. The van der Waals surface area contributed by atoms with Crippen molar-refractivity contribution in [1.29, 1.82) is 0 Å². The lowest BCUT2D eigenvalue weighted by Gasteiger charge is -2.26. The Morgan fingerprint density at radius 2 is 2.17 bits per heavy atom. The quantitative estimate of drug-likeness (QED) is 0.849. The predicted molar refractivity (Wildman–Crippen MR) is 72.5 cm³/mol. The second-order valence-electron chi connectivity index (χ2n) is 4.41. The van der Waals surface area contributed by atoms with Crippen molar-refractivity contribution in [3.8, 4) is 0 Å². The fourth-order valence-electron chi connectivity index (χ4n) is 2.19. The van der Waals surface area contributed by atoms with Crippen LogP contribution in [0, 0.1) is 0 Å². The standard InChI is InChI=1S/C14H20N2O2/c1-16(7-8-17-2)13(9-15)12-10-18-14-6-4-3-5-11(12)14/h3-6,10,13H,7-9,15H2,1-2H3. The van der Waals surface area contributed by atoms with E-state index in [2.05, 4.69) is 18.0 Å². The van der Waals surface area contributed by atoms with E-state index < -0.39 is 0 Å². The van der Waals surface area contributed by atoms with Crippen LogP contribution < -0.4 is 5.73 Å². The third kappa shape index (κ3) is 2.56. The highest BCUT2D eigenvalue weighted by Gasteiger charge is 2.19. The van der Waals surface area contributed by atoms with Crippen LogP contribution in [0.25, 0.3) is 11.0 Å². The van der Waals surface area contributed by atoms with Gasteiger partial charge in [0.15, 0.2) is 0 Å². The lowest BCUT2D eigenvalue weighted by Crippen LogP contribution is -2.32. The van der Waals surface area contributed by atoms with Crippen LogP contribution in [-0.4, -0.2) is 38.8 Å². The summed E-state index contributed by atoms with van der Waals surface area (Å²) < 4.78 is 10.7. The second kappa shape index (κ2) is 6.00. The van der Waals surface area contributed by atoms with Gasteiger partial charge in [-0.2, -0.15) is 0 Å². The van der Waals surface area contributed by atoms with Gasteiger partial charge < -0.3 is 14.9 Å². The topological polar surface area (TPSA) is 51.6 Å². The molecule has 2 N–H and O–H groups in total. The van der Waals surface area contributed by atoms with Crippen LogP contribution >= 0.6 is 0 Å². The molecule has 2 rings (SSSR count). The summed E-state index contributed by atoms with van der Waals surface area (Å²) >= 11 is 0. The Morgan fingerprint density at radius 3 is 2.89 bits per heavy atom. The lowest BCUT2D eigenvalue weighted by molar-refractivity contribution is 0.140. The Bertz CT molecular complexity index is 495. The highest BCUT2D eigenvalue weighted by molar-refractivity contribution is 5.81. The number of likely N-dealkylation sites (N-methyl/N-ethyl adjacent to an activating group) is 1. The molecule has 1 aromatic carbocycles. The summed E-state index contributed by atoms with van der Waals surface area (Å²) in [6.45, 7) is 2.10. The zero-order chi connectivity index (χ0) is 13.0. The van der Waals surface area contributed by atoms with Crippen molar-refractivity contribution in [1.82, 2.24) is 4.90 Å². The molecule has 0 saturated carbocycles. The van der Waals surface area contributed by atoms with Gasteiger partial charge in [0.05, 0.1) is 18.9 Å². The first-order valence-corrected chi connectivity index (χ1v) is 6.13. The van der Waals surface area contributed by atoms with Gasteiger partial charge in [0.2, 0.25) is 0 Å². The molecule has 0 radical (unpaired) electrons. The van der Waals surface area contributed by atoms with Crippen LogP contribution in [0.3, 0.4) is 0 Å². The number of ether oxygens (including phenoxy) is 1. The van der Waals surface area contributed by atoms with Gasteiger partial charge in [-0.05, 0) is 13.1 Å². The minimum absolute atomic E-state index is 0.156. The maximum absolute atomic E-state index is 5.90. The fraction of sp³-hybridized carbons (Fsp3) is 0.429. The zero-order valence-electron chi connectivity index (χ0n) is 10.9. The lowest BCUT2D eigenvalue weighted by atomic mass is 10.0. The van der Waals surface area contributed by atoms with E-state index in [9.17, 15) is 0 Å². The predicted octanol–water partition coefficient (Wildman–Crippen LogP) is 2.01. The van der Waals surface area contributed by atoms with Crippen LogP contribution in [0.2, 0.25) is 0 Å². The normalized spacial score (nSPS) is 13.3. The largest absolute Gasteiger partial charge is 0.464 e. The van der Waals surface area contributed by atoms with E-state index in [-0.39, 0.29) is 6.04 Å². The number of furan rings is 1. The van der Waals surface area contributed by atoms with Gasteiger partial charge in [0, 0.05) is 31.1 Å². The van der Waals surface area contributed by atoms with Crippen molar-refractivity contribution >= 4 is 11.0 Å². The van der Waals surface area contributed by atoms with Gasteiger partial charge in [-0.1, -0.05) is 18.2 Å². The molecule has 4 nitrogen and oxygen atoms in total. The summed E-state index contributed by atoms with van der Waals surface area (Å²) in [5.74, 6) is 0. The molecule has 0 aliphatic heterocycles. The number of rotatable bonds is 6. The van der Waals surface area contributed by atoms with E-state index in [0.717, 1.165) is 23.1 Å². The average Bonchev–Trinajstić information content (AvgIpc) is 2.81. The molecule has 0 aliphatic carbocycles. The van der Waals surface area contributed by atoms with E-state index in [4.69, 9.17) is 14.9 Å². The summed E-state index contributed by atoms with van der Waals surface area (Å²) in [6, 6.07) is 8.19. The zero-order valence-corrected chi connectivity index (χ0v) is 10.9. The molecule has 1 atom stereocenters. The van der Waals surface area contributed by atoms with E-state index >= 15 is 0 Å². The summed E-state index contributed by atoms with van der Waals surface area (Å²) in [5.41, 5.74) is 7.96. The Labute approximate surface area is 107 Å². The molecule has 18 heavy (non-hydrogen) atoms. The van der Waals surface area contributed by atoms with E-state index in [1.54, 1.807) is 7.11 Å². The number of nitrogens with zero attached hydrogens (tertiary/aromatic N) is 1. The molecular formula is C14H20N2O2. The third-order valence-corrected chi connectivity index (χ3v) is 3.27. The molecule has 0 amide bonds. The highest BCUT2D eigenvalue weighted by atomic mass is 16.5. The molecule has 0 bridgehead atoms. The van der Waals surface area contributed by atoms with E-state index in [1.807, 2.05) is 24.5 Å². The highest BCUT2D eigenvalue weighted by Crippen LogP contribution is 2.28.